The van der Waals surface area contributed by atoms with Gasteiger partial charge in [-0.15, -0.1) is 0 Å². The van der Waals surface area contributed by atoms with Crippen LogP contribution >= 0.6 is 0 Å². The number of nitrogens with zero attached hydrogens (tertiary/aromatic N) is 6. The second-order valence-corrected chi connectivity index (χ2v) is 10.1. The predicted molar refractivity (Wildman–Crippen MR) is 152 cm³/mol. The molecule has 0 radical (unpaired) electrons. The number of H-pyrrole nitrogens is 1. The molecule has 1 aliphatic rings. The molecule has 0 aliphatic carbocycles. The number of hydrogen-bond donors (Lipinski definition) is 1. The average molecular weight is 530 g/mol. The van der Waals surface area contributed by atoms with E-state index in [9.17, 15) is 9.59 Å². The SMILES string of the molecule is [2H]C([2H])([2H])N(C(=O)c1ccc(C2CCN([C@@H](C)c3cc4c(-n5ccc6[nH]ncc6c5=O)ccnc4n3C)CC2)cc1)C([2H])([2H])[2H]. The Balaban J connectivity index is 1.18. The number of aryl methyl sites for hydroxylation is 1. The number of amides is 1. The lowest BCUT2D eigenvalue weighted by molar-refractivity contribution is 0.0827. The fourth-order valence-corrected chi connectivity index (χ4v) is 5.80. The highest BCUT2D eigenvalue weighted by molar-refractivity contribution is 5.93. The van der Waals surface area contributed by atoms with Crippen LogP contribution in [0.1, 0.15) is 61.6 Å². The van der Waals surface area contributed by atoms with Crippen LogP contribution in [0.2, 0.25) is 0 Å². The molecule has 9 nitrogen and oxygen atoms in total. The van der Waals surface area contributed by atoms with E-state index in [0.717, 1.165) is 53.9 Å². The third-order valence-electron chi connectivity index (χ3n) is 8.05. The maximum atomic E-state index is 13.2. The minimum Gasteiger partial charge on any atom is -0.345 e. The van der Waals surface area contributed by atoms with Crippen molar-refractivity contribution < 1.29 is 13.0 Å². The van der Waals surface area contributed by atoms with Gasteiger partial charge in [0.15, 0.2) is 0 Å². The molecule has 1 amide bonds. The molecule has 0 unspecified atom stereocenters. The van der Waals surface area contributed by atoms with Gasteiger partial charge in [-0.25, -0.2) is 4.98 Å². The van der Waals surface area contributed by atoms with Crippen LogP contribution in [0.15, 0.2) is 65.8 Å². The lowest BCUT2D eigenvalue weighted by Gasteiger charge is -2.36. The van der Waals surface area contributed by atoms with Crippen molar-refractivity contribution >= 4 is 27.8 Å². The first-order valence-electron chi connectivity index (χ1n) is 15.9. The van der Waals surface area contributed by atoms with E-state index in [1.165, 1.54) is 18.3 Å². The normalized spacial score (nSPS) is 18.6. The third-order valence-corrected chi connectivity index (χ3v) is 8.05. The highest BCUT2D eigenvalue weighted by atomic mass is 16.2. The Kier molecular flexibility index (Phi) is 4.76. The zero-order valence-electron chi connectivity index (χ0n) is 27.8. The van der Waals surface area contributed by atoms with E-state index in [1.807, 2.05) is 19.2 Å². The second kappa shape index (κ2) is 9.81. The molecular weight excluding hydrogens is 490 g/mol. The molecule has 200 valence electrons. The Morgan fingerprint density at radius 2 is 1.90 bits per heavy atom. The number of piperidine rings is 1. The van der Waals surface area contributed by atoms with Crippen LogP contribution in [-0.2, 0) is 7.05 Å². The van der Waals surface area contributed by atoms with Gasteiger partial charge in [0.25, 0.3) is 11.5 Å². The maximum absolute atomic E-state index is 13.2. The standard InChI is InChI=1S/C30H33N7O2/c1-19(36-14-10-21(11-15-36)20-5-7-22(8-6-20)29(38)34(2)3)27-17-23-26(9-13-31-28(23)35(27)4)37-16-12-25-24(30(37)39)18-32-33-25/h5-9,12-13,16-19,21H,10-11,14-15H2,1-4H3,(H,32,33)/t19-/m0/s1/i2D3,3D3. The number of aromatic amines is 1. The predicted octanol–water partition coefficient (Wildman–Crippen LogP) is 4.24. The van der Waals surface area contributed by atoms with Crippen LogP contribution in [0.25, 0.3) is 27.6 Å². The molecule has 1 atom stereocenters. The van der Waals surface area contributed by atoms with Gasteiger partial charge in [0, 0.05) is 64.3 Å². The summed E-state index contributed by atoms with van der Waals surface area (Å²) < 4.78 is 48.8. The Morgan fingerprint density at radius 1 is 1.13 bits per heavy atom. The van der Waals surface area contributed by atoms with Crippen molar-refractivity contribution in [3.63, 3.8) is 0 Å². The van der Waals surface area contributed by atoms with Crippen molar-refractivity contribution in [2.75, 3.05) is 27.0 Å². The summed E-state index contributed by atoms with van der Waals surface area (Å²) in [5.74, 6) is -0.811. The number of nitrogens with one attached hydrogen (secondary N) is 1. The Morgan fingerprint density at radius 3 is 2.64 bits per heavy atom. The van der Waals surface area contributed by atoms with Gasteiger partial charge in [0.05, 0.1) is 22.8 Å². The van der Waals surface area contributed by atoms with Crippen molar-refractivity contribution in [1.82, 2.24) is 34.1 Å². The number of benzene rings is 1. The molecule has 0 saturated carbocycles. The highest BCUT2D eigenvalue weighted by Gasteiger charge is 2.27. The molecule has 6 rings (SSSR count). The number of carbonyl (C=O) groups excluding carboxylic acids is 1. The van der Waals surface area contributed by atoms with Crippen LogP contribution < -0.4 is 5.56 Å². The molecule has 39 heavy (non-hydrogen) atoms. The van der Waals surface area contributed by atoms with Gasteiger partial charge in [0.2, 0.25) is 0 Å². The first kappa shape index (κ1) is 18.9. The summed E-state index contributed by atoms with van der Waals surface area (Å²) in [6.07, 6.45) is 6.75. The van der Waals surface area contributed by atoms with Gasteiger partial charge in [-0.2, -0.15) is 5.10 Å². The second-order valence-electron chi connectivity index (χ2n) is 10.1. The Bertz CT molecular complexity index is 1920. The summed E-state index contributed by atoms with van der Waals surface area (Å²) >= 11 is 0. The van der Waals surface area contributed by atoms with Gasteiger partial charge in [-0.1, -0.05) is 12.1 Å². The highest BCUT2D eigenvalue weighted by Crippen LogP contribution is 2.34. The van der Waals surface area contributed by atoms with Crippen LogP contribution in [0, 0.1) is 0 Å². The van der Waals surface area contributed by atoms with Crippen LogP contribution in [0.4, 0.5) is 0 Å². The lowest BCUT2D eigenvalue weighted by atomic mass is 9.88. The van der Waals surface area contributed by atoms with E-state index in [-0.39, 0.29) is 28.0 Å². The molecule has 5 aromatic rings. The minimum absolute atomic E-state index is 0.0172. The third kappa shape index (κ3) is 4.32. The molecule has 1 saturated heterocycles. The van der Waals surface area contributed by atoms with E-state index in [1.54, 1.807) is 29.1 Å². The summed E-state index contributed by atoms with van der Waals surface area (Å²) in [6.45, 7) is -2.34. The maximum Gasteiger partial charge on any atom is 0.266 e. The molecule has 0 spiro atoms. The number of carbonyl (C=O) groups is 1. The van der Waals surface area contributed by atoms with E-state index < -0.39 is 19.9 Å². The summed E-state index contributed by atoms with van der Waals surface area (Å²) in [4.78, 5) is 33.0. The number of fused-ring (bicyclic) bond motifs is 2. The topological polar surface area (TPSA) is 92.1 Å². The molecule has 4 aromatic heterocycles. The van der Waals surface area contributed by atoms with Gasteiger partial charge in [-0.05, 0) is 74.7 Å². The monoisotopic (exact) mass is 529 g/mol. The van der Waals surface area contributed by atoms with Crippen LogP contribution in [0.3, 0.4) is 0 Å². The average Bonchev–Trinajstić information content (AvgIpc) is 3.61. The largest absolute Gasteiger partial charge is 0.345 e. The van der Waals surface area contributed by atoms with Crippen molar-refractivity contribution in [3.8, 4) is 5.69 Å². The van der Waals surface area contributed by atoms with Crippen molar-refractivity contribution in [2.24, 2.45) is 7.05 Å². The molecular formula is C30H33N7O2. The fraction of sp³-hybridized carbons (Fsp3) is 0.333. The molecule has 1 aliphatic heterocycles. The molecule has 9 heteroatoms. The van der Waals surface area contributed by atoms with E-state index in [0.29, 0.717) is 10.9 Å². The van der Waals surface area contributed by atoms with Crippen molar-refractivity contribution in [3.05, 3.63) is 88.2 Å². The van der Waals surface area contributed by atoms with Gasteiger partial charge in [-0.3, -0.25) is 24.2 Å². The van der Waals surface area contributed by atoms with Gasteiger partial charge in [0.1, 0.15) is 5.65 Å². The molecule has 0 bridgehead atoms. The molecule has 1 fully saturated rings. The summed E-state index contributed by atoms with van der Waals surface area (Å²) in [5, 5.41) is 8.23. The van der Waals surface area contributed by atoms with E-state index >= 15 is 0 Å². The van der Waals surface area contributed by atoms with Gasteiger partial charge >= 0.3 is 0 Å². The first-order chi connectivity index (χ1) is 21.3. The Labute approximate surface area is 235 Å². The summed E-state index contributed by atoms with van der Waals surface area (Å²) in [7, 11) is 1.99. The number of aromatic nitrogens is 5. The zero-order valence-corrected chi connectivity index (χ0v) is 21.8. The van der Waals surface area contributed by atoms with E-state index in [4.69, 9.17) is 8.22 Å². The first-order valence-corrected chi connectivity index (χ1v) is 12.9. The molecule has 1 aromatic carbocycles. The summed E-state index contributed by atoms with van der Waals surface area (Å²) in [6, 6.07) is 12.5. The fourth-order valence-electron chi connectivity index (χ4n) is 5.80. The Hall–Kier alpha value is -4.24. The zero-order chi connectivity index (χ0) is 32.3. The van der Waals surface area contributed by atoms with Crippen molar-refractivity contribution in [2.45, 2.75) is 31.7 Å². The van der Waals surface area contributed by atoms with Crippen molar-refractivity contribution in [1.29, 1.82) is 0 Å². The summed E-state index contributed by atoms with van der Waals surface area (Å²) in [5.41, 5.74) is 4.19. The van der Waals surface area contributed by atoms with E-state index in [2.05, 4.69) is 37.6 Å². The number of hydrogen-bond acceptors (Lipinski definition) is 5. The number of pyridine rings is 2. The van der Waals surface area contributed by atoms with Crippen LogP contribution in [0.5, 0.6) is 0 Å². The minimum atomic E-state index is -3.08. The number of rotatable bonds is 5. The van der Waals surface area contributed by atoms with Gasteiger partial charge < -0.3 is 9.47 Å². The van der Waals surface area contributed by atoms with Crippen LogP contribution in [-0.4, -0.2) is 67.1 Å². The smallest absolute Gasteiger partial charge is 0.266 e. The quantitative estimate of drug-likeness (QED) is 0.368. The lowest BCUT2D eigenvalue weighted by Crippen LogP contribution is -2.35. The number of likely N-dealkylation sites (tertiary alicyclic amines) is 1. The molecule has 5 heterocycles. The molecule has 1 N–H and O–H groups in total.